The summed E-state index contributed by atoms with van der Waals surface area (Å²) in [4.78, 5) is 26.7. The molecule has 2 aromatic carbocycles. The number of hydrogen-bond acceptors (Lipinski definition) is 8. The van der Waals surface area contributed by atoms with Crippen LogP contribution in [0.5, 0.6) is 0 Å². The smallest absolute Gasteiger partial charge is 0.395 e. The number of amides is 2. The number of alkyl halides is 3. The highest BCUT2D eigenvalue weighted by atomic mass is 32.2. The Kier molecular flexibility index (Phi) is 8.74. The summed E-state index contributed by atoms with van der Waals surface area (Å²) in [5, 5.41) is 31.9. The maximum absolute atomic E-state index is 13.7. The molecule has 9 nitrogen and oxygen atoms in total. The van der Waals surface area contributed by atoms with Gasteiger partial charge in [0.15, 0.2) is 0 Å². The molecule has 1 fully saturated rings. The number of thioether (sulfide) groups is 1. The third-order valence-electron chi connectivity index (χ3n) is 6.49. The van der Waals surface area contributed by atoms with Crippen molar-refractivity contribution in [3.63, 3.8) is 0 Å². The molecule has 2 aliphatic rings. The molecule has 6 N–H and O–H groups in total. The average molecular weight is 566 g/mol. The van der Waals surface area contributed by atoms with Gasteiger partial charge in [-0.15, -0.1) is 0 Å². The highest BCUT2D eigenvalue weighted by Gasteiger charge is 2.40. The van der Waals surface area contributed by atoms with E-state index in [1.807, 2.05) is 0 Å². The Bertz CT molecular complexity index is 1240. The SMILES string of the molecule is Cc1ccc(NC(=O)c2cc(N3CCC(O)CC3)cc(C(F)(F)F)c2)cc1NC(=O)C1(NCCO)NC=CS1. The van der Waals surface area contributed by atoms with Crippen molar-refractivity contribution in [3.05, 3.63) is 64.7 Å². The molecule has 210 valence electrons. The van der Waals surface area contributed by atoms with Gasteiger partial charge in [-0.2, -0.15) is 13.2 Å². The Balaban J connectivity index is 1.54. The summed E-state index contributed by atoms with van der Waals surface area (Å²) in [6, 6.07) is 8.01. The number of nitrogens with one attached hydrogen (secondary N) is 4. The summed E-state index contributed by atoms with van der Waals surface area (Å²) in [6.07, 6.45) is -2.69. The lowest BCUT2D eigenvalue weighted by Gasteiger charge is -2.32. The zero-order chi connectivity index (χ0) is 28.2. The number of piperidine rings is 1. The van der Waals surface area contributed by atoms with Gasteiger partial charge in [0.05, 0.1) is 18.3 Å². The number of aliphatic hydroxyl groups is 2. The van der Waals surface area contributed by atoms with Crippen molar-refractivity contribution < 1.29 is 33.0 Å². The molecule has 2 aliphatic heterocycles. The van der Waals surface area contributed by atoms with Gasteiger partial charge in [-0.05, 0) is 61.1 Å². The van der Waals surface area contributed by atoms with Crippen molar-refractivity contribution in [2.45, 2.75) is 37.0 Å². The monoisotopic (exact) mass is 565 g/mol. The molecular weight excluding hydrogens is 535 g/mol. The fourth-order valence-electron chi connectivity index (χ4n) is 4.31. The minimum absolute atomic E-state index is 0.165. The fraction of sp³-hybridized carbons (Fsp3) is 0.385. The lowest BCUT2D eigenvalue weighted by Crippen LogP contribution is -2.59. The van der Waals surface area contributed by atoms with Gasteiger partial charge in [-0.3, -0.25) is 14.9 Å². The molecule has 0 spiro atoms. The molecule has 1 atom stereocenters. The van der Waals surface area contributed by atoms with Gasteiger partial charge in [0.1, 0.15) is 0 Å². The number of rotatable bonds is 8. The molecule has 0 aromatic heterocycles. The van der Waals surface area contributed by atoms with Crippen molar-refractivity contribution in [1.29, 1.82) is 0 Å². The lowest BCUT2D eigenvalue weighted by atomic mass is 10.0. The van der Waals surface area contributed by atoms with Crippen molar-refractivity contribution in [2.75, 3.05) is 41.8 Å². The zero-order valence-electron chi connectivity index (χ0n) is 21.1. The Morgan fingerprint density at radius 2 is 1.90 bits per heavy atom. The lowest BCUT2D eigenvalue weighted by molar-refractivity contribution is -0.137. The van der Waals surface area contributed by atoms with Crippen molar-refractivity contribution in [3.8, 4) is 0 Å². The van der Waals surface area contributed by atoms with Gasteiger partial charge in [-0.25, -0.2) is 0 Å². The van der Waals surface area contributed by atoms with E-state index in [0.717, 1.165) is 12.1 Å². The van der Waals surface area contributed by atoms with E-state index < -0.39 is 34.7 Å². The minimum atomic E-state index is -4.65. The minimum Gasteiger partial charge on any atom is -0.395 e. The van der Waals surface area contributed by atoms with Crippen LogP contribution in [0.3, 0.4) is 0 Å². The molecule has 13 heteroatoms. The molecule has 0 saturated carbocycles. The van der Waals surface area contributed by atoms with Gasteiger partial charge in [0.25, 0.3) is 11.8 Å². The van der Waals surface area contributed by atoms with E-state index in [1.165, 1.54) is 23.9 Å². The highest BCUT2D eigenvalue weighted by molar-refractivity contribution is 8.04. The summed E-state index contributed by atoms with van der Waals surface area (Å²) in [5.41, 5.74) is 0.529. The van der Waals surface area contributed by atoms with Crippen molar-refractivity contribution in [2.24, 2.45) is 0 Å². The second-order valence-corrected chi connectivity index (χ2v) is 10.4. The topological polar surface area (TPSA) is 126 Å². The van der Waals surface area contributed by atoms with E-state index in [0.29, 0.717) is 37.2 Å². The summed E-state index contributed by atoms with van der Waals surface area (Å²) in [5.74, 6) is -1.18. The molecular formula is C26H30F3N5O4S. The first kappa shape index (κ1) is 28.7. The molecule has 2 heterocycles. The van der Waals surface area contributed by atoms with Crippen LogP contribution in [0.1, 0.15) is 34.3 Å². The molecule has 0 bridgehead atoms. The van der Waals surface area contributed by atoms with E-state index >= 15 is 0 Å². The number of aryl methyl sites for hydroxylation is 1. The van der Waals surface area contributed by atoms with Crippen LogP contribution >= 0.6 is 11.8 Å². The van der Waals surface area contributed by atoms with E-state index in [1.54, 1.807) is 35.6 Å². The van der Waals surface area contributed by atoms with Crippen LogP contribution in [0.15, 0.2) is 48.0 Å². The molecule has 2 amide bonds. The number of aliphatic hydroxyl groups excluding tert-OH is 2. The van der Waals surface area contributed by atoms with Crippen LogP contribution in [0.2, 0.25) is 0 Å². The Hall–Kier alpha value is -3.26. The standard InChI is InChI=1S/C26H30F3N5O4S/c1-16-2-3-19(15-22(16)33-24(38)26(30-6-10-35)31-7-11-39-26)32-23(37)17-12-18(25(27,28)29)14-20(13-17)34-8-4-21(36)5-9-34/h2-3,7,11-15,21,30-31,35-36H,4-6,8-10H2,1H3,(H,32,37)(H,33,38). The quantitative estimate of drug-likeness (QED) is 0.288. The highest BCUT2D eigenvalue weighted by Crippen LogP contribution is 2.34. The normalized spacial score (nSPS) is 19.6. The molecule has 2 aromatic rings. The van der Waals surface area contributed by atoms with E-state index in [-0.39, 0.29) is 30.1 Å². The number of hydrogen-bond donors (Lipinski definition) is 6. The van der Waals surface area contributed by atoms with E-state index in [2.05, 4.69) is 21.3 Å². The molecule has 0 aliphatic carbocycles. The number of nitrogens with zero attached hydrogens (tertiary/aromatic N) is 1. The maximum Gasteiger partial charge on any atom is 0.416 e. The van der Waals surface area contributed by atoms with Crippen LogP contribution < -0.4 is 26.2 Å². The maximum atomic E-state index is 13.7. The predicted octanol–water partition coefficient (Wildman–Crippen LogP) is 3.21. The largest absolute Gasteiger partial charge is 0.416 e. The Morgan fingerprint density at radius 3 is 2.54 bits per heavy atom. The summed E-state index contributed by atoms with van der Waals surface area (Å²) < 4.78 is 41.0. The Labute approximate surface area is 227 Å². The van der Waals surface area contributed by atoms with Gasteiger partial charge in [0, 0.05) is 48.5 Å². The number of carbonyl (C=O) groups excluding carboxylic acids is 2. The number of benzene rings is 2. The average Bonchev–Trinajstić information content (AvgIpc) is 3.39. The van der Waals surface area contributed by atoms with Gasteiger partial charge < -0.3 is 31.1 Å². The van der Waals surface area contributed by atoms with Crippen LogP contribution in [0.4, 0.5) is 30.2 Å². The van der Waals surface area contributed by atoms with Crippen LogP contribution in [-0.2, 0) is 11.0 Å². The molecule has 39 heavy (non-hydrogen) atoms. The first-order chi connectivity index (χ1) is 18.5. The van der Waals surface area contributed by atoms with Gasteiger partial charge in [0.2, 0.25) is 4.99 Å². The molecule has 0 radical (unpaired) electrons. The second-order valence-electron chi connectivity index (χ2n) is 9.32. The third kappa shape index (κ3) is 6.85. The molecule has 1 saturated heterocycles. The fourth-order valence-corrected chi connectivity index (χ4v) is 5.13. The first-order valence-electron chi connectivity index (χ1n) is 12.4. The third-order valence-corrected chi connectivity index (χ3v) is 7.56. The summed E-state index contributed by atoms with van der Waals surface area (Å²) in [7, 11) is 0. The van der Waals surface area contributed by atoms with Crippen molar-refractivity contribution >= 4 is 40.6 Å². The van der Waals surface area contributed by atoms with E-state index in [4.69, 9.17) is 5.11 Å². The molecule has 1 unspecified atom stereocenters. The van der Waals surface area contributed by atoms with Crippen molar-refractivity contribution in [1.82, 2.24) is 10.6 Å². The van der Waals surface area contributed by atoms with Crippen LogP contribution in [0, 0.1) is 6.92 Å². The zero-order valence-corrected chi connectivity index (χ0v) is 22.0. The van der Waals surface area contributed by atoms with Crippen LogP contribution in [0.25, 0.3) is 0 Å². The van der Waals surface area contributed by atoms with E-state index in [9.17, 15) is 27.9 Å². The molecule has 4 rings (SSSR count). The predicted molar refractivity (Wildman–Crippen MR) is 144 cm³/mol. The first-order valence-corrected chi connectivity index (χ1v) is 13.2. The number of anilines is 3. The second kappa shape index (κ2) is 11.9. The summed E-state index contributed by atoms with van der Waals surface area (Å²) >= 11 is 1.19. The summed E-state index contributed by atoms with van der Waals surface area (Å²) in [6.45, 7) is 2.51. The van der Waals surface area contributed by atoms with Crippen LogP contribution in [-0.4, -0.2) is 59.4 Å². The Morgan fingerprint density at radius 1 is 1.15 bits per heavy atom. The van der Waals surface area contributed by atoms with Gasteiger partial charge >= 0.3 is 6.18 Å². The number of carbonyl (C=O) groups is 2. The van der Waals surface area contributed by atoms with Gasteiger partial charge in [-0.1, -0.05) is 17.8 Å². The number of halogens is 3.